The van der Waals surface area contributed by atoms with Crippen molar-refractivity contribution in [1.29, 1.82) is 0 Å². The minimum atomic E-state index is -0.340. The first kappa shape index (κ1) is 17.6. The molecule has 0 unspecified atom stereocenters. The standard InChI is InChI=1S/C20H20F2N4O/c1-27-19-5-2-14(10-17(19)22)12-25-6-8-26(9-7-25)20-16-4-3-15(21)11-18(16)23-13-24-20/h2-5,10-11,13H,6-9,12H2,1H3. The zero-order chi connectivity index (χ0) is 18.8. The van der Waals surface area contributed by atoms with Gasteiger partial charge < -0.3 is 9.64 Å². The van der Waals surface area contributed by atoms with Crippen molar-refractivity contribution in [2.45, 2.75) is 6.54 Å². The highest BCUT2D eigenvalue weighted by molar-refractivity contribution is 5.89. The molecule has 0 N–H and O–H groups in total. The topological polar surface area (TPSA) is 41.5 Å². The van der Waals surface area contributed by atoms with Crippen molar-refractivity contribution in [2.75, 3.05) is 38.2 Å². The van der Waals surface area contributed by atoms with Crippen LogP contribution < -0.4 is 9.64 Å². The number of piperazine rings is 1. The van der Waals surface area contributed by atoms with Crippen molar-refractivity contribution in [1.82, 2.24) is 14.9 Å². The Morgan fingerprint density at radius 3 is 2.56 bits per heavy atom. The third-order valence-corrected chi connectivity index (χ3v) is 4.87. The summed E-state index contributed by atoms with van der Waals surface area (Å²) in [4.78, 5) is 13.0. The number of aromatic nitrogens is 2. The lowest BCUT2D eigenvalue weighted by Crippen LogP contribution is -2.46. The fourth-order valence-corrected chi connectivity index (χ4v) is 3.45. The van der Waals surface area contributed by atoms with Crippen molar-refractivity contribution in [2.24, 2.45) is 0 Å². The van der Waals surface area contributed by atoms with Crippen LogP contribution in [0.15, 0.2) is 42.7 Å². The summed E-state index contributed by atoms with van der Waals surface area (Å²) < 4.78 is 32.3. The van der Waals surface area contributed by atoms with Crippen LogP contribution in [0.1, 0.15) is 5.56 Å². The summed E-state index contributed by atoms with van der Waals surface area (Å²) in [6.45, 7) is 3.94. The van der Waals surface area contributed by atoms with Gasteiger partial charge in [0.25, 0.3) is 0 Å². The average Bonchev–Trinajstić information content (AvgIpc) is 2.68. The lowest BCUT2D eigenvalue weighted by atomic mass is 10.1. The monoisotopic (exact) mass is 370 g/mol. The summed E-state index contributed by atoms with van der Waals surface area (Å²) in [5.74, 6) is 0.447. The van der Waals surface area contributed by atoms with Gasteiger partial charge in [-0.25, -0.2) is 18.7 Å². The zero-order valence-corrected chi connectivity index (χ0v) is 15.0. The van der Waals surface area contributed by atoms with Crippen molar-refractivity contribution in [3.05, 3.63) is 59.9 Å². The maximum Gasteiger partial charge on any atom is 0.165 e. The van der Waals surface area contributed by atoms with Crippen LogP contribution in [0.2, 0.25) is 0 Å². The minimum Gasteiger partial charge on any atom is -0.494 e. The smallest absolute Gasteiger partial charge is 0.165 e. The van der Waals surface area contributed by atoms with E-state index in [4.69, 9.17) is 4.74 Å². The van der Waals surface area contributed by atoms with Crippen LogP contribution in [0.3, 0.4) is 0 Å². The summed E-state index contributed by atoms with van der Waals surface area (Å²) in [6.07, 6.45) is 1.48. The predicted octanol–water partition coefficient (Wildman–Crippen LogP) is 3.24. The summed E-state index contributed by atoms with van der Waals surface area (Å²) in [6, 6.07) is 9.66. The zero-order valence-electron chi connectivity index (χ0n) is 15.0. The summed E-state index contributed by atoms with van der Waals surface area (Å²) >= 11 is 0. The number of halogens is 2. The maximum absolute atomic E-state index is 13.9. The van der Waals surface area contributed by atoms with Crippen LogP contribution in [0, 0.1) is 11.6 Å². The van der Waals surface area contributed by atoms with E-state index in [1.165, 1.54) is 31.6 Å². The number of anilines is 1. The Labute approximate surface area is 156 Å². The van der Waals surface area contributed by atoms with Gasteiger partial charge in [-0.05, 0) is 29.8 Å². The molecule has 1 aliphatic rings. The predicted molar refractivity (Wildman–Crippen MR) is 99.9 cm³/mol. The highest BCUT2D eigenvalue weighted by atomic mass is 19.1. The minimum absolute atomic E-state index is 0.260. The van der Waals surface area contributed by atoms with Crippen LogP contribution in [0.4, 0.5) is 14.6 Å². The molecule has 2 aromatic carbocycles. The van der Waals surface area contributed by atoms with Gasteiger partial charge >= 0.3 is 0 Å². The highest BCUT2D eigenvalue weighted by Gasteiger charge is 2.20. The SMILES string of the molecule is COc1ccc(CN2CCN(c3ncnc4cc(F)ccc34)CC2)cc1F. The third kappa shape index (κ3) is 3.68. The second-order valence-corrected chi connectivity index (χ2v) is 6.59. The first-order chi connectivity index (χ1) is 13.1. The number of methoxy groups -OCH3 is 1. The Balaban J connectivity index is 1.44. The molecule has 5 nitrogen and oxygen atoms in total. The van der Waals surface area contributed by atoms with Gasteiger partial charge in [0.15, 0.2) is 11.6 Å². The lowest BCUT2D eigenvalue weighted by molar-refractivity contribution is 0.249. The van der Waals surface area contributed by atoms with Gasteiger partial charge in [0.05, 0.1) is 12.6 Å². The van der Waals surface area contributed by atoms with E-state index < -0.39 is 0 Å². The molecule has 4 rings (SSSR count). The molecule has 0 aliphatic carbocycles. The molecule has 1 aromatic heterocycles. The van der Waals surface area contributed by atoms with E-state index in [2.05, 4.69) is 19.8 Å². The number of hydrogen-bond acceptors (Lipinski definition) is 5. The third-order valence-electron chi connectivity index (χ3n) is 4.87. The number of fused-ring (bicyclic) bond motifs is 1. The fraction of sp³-hybridized carbons (Fsp3) is 0.300. The molecule has 0 radical (unpaired) electrons. The Kier molecular flexibility index (Phi) is 4.85. The van der Waals surface area contributed by atoms with E-state index in [9.17, 15) is 8.78 Å². The second kappa shape index (κ2) is 7.44. The molecular formula is C20H20F2N4O. The van der Waals surface area contributed by atoms with E-state index in [-0.39, 0.29) is 17.4 Å². The van der Waals surface area contributed by atoms with Crippen molar-refractivity contribution >= 4 is 16.7 Å². The summed E-state index contributed by atoms with van der Waals surface area (Å²) in [5, 5.41) is 0.851. The van der Waals surface area contributed by atoms with E-state index in [0.717, 1.165) is 42.9 Å². The Morgan fingerprint density at radius 2 is 1.81 bits per heavy atom. The van der Waals surface area contributed by atoms with Gasteiger partial charge in [0.1, 0.15) is 18.0 Å². The molecule has 2 heterocycles. The molecule has 0 amide bonds. The van der Waals surface area contributed by atoms with Gasteiger partial charge in [0, 0.05) is 44.2 Å². The van der Waals surface area contributed by atoms with Gasteiger partial charge in [-0.15, -0.1) is 0 Å². The van der Waals surface area contributed by atoms with Crippen LogP contribution in [-0.4, -0.2) is 48.2 Å². The first-order valence-corrected chi connectivity index (χ1v) is 8.84. The van der Waals surface area contributed by atoms with Crippen LogP contribution >= 0.6 is 0 Å². The van der Waals surface area contributed by atoms with E-state index >= 15 is 0 Å². The van der Waals surface area contributed by atoms with E-state index in [1.807, 2.05) is 6.07 Å². The van der Waals surface area contributed by atoms with E-state index in [1.54, 1.807) is 12.1 Å². The molecule has 0 spiro atoms. The first-order valence-electron chi connectivity index (χ1n) is 8.84. The lowest BCUT2D eigenvalue weighted by Gasteiger charge is -2.35. The van der Waals surface area contributed by atoms with Gasteiger partial charge in [-0.1, -0.05) is 6.07 Å². The summed E-state index contributed by atoms with van der Waals surface area (Å²) in [7, 11) is 1.46. The van der Waals surface area contributed by atoms with Gasteiger partial charge in [-0.3, -0.25) is 4.90 Å². The molecule has 7 heteroatoms. The average molecular weight is 370 g/mol. The largest absolute Gasteiger partial charge is 0.494 e. The quantitative estimate of drug-likeness (QED) is 0.705. The number of rotatable bonds is 4. The number of hydrogen-bond donors (Lipinski definition) is 0. The van der Waals surface area contributed by atoms with Crippen LogP contribution in [0.25, 0.3) is 10.9 Å². The van der Waals surface area contributed by atoms with Gasteiger partial charge in [-0.2, -0.15) is 0 Å². The van der Waals surface area contributed by atoms with Gasteiger partial charge in [0.2, 0.25) is 0 Å². The van der Waals surface area contributed by atoms with Crippen LogP contribution in [-0.2, 0) is 6.54 Å². The normalized spacial score (nSPS) is 15.3. The summed E-state index contributed by atoms with van der Waals surface area (Å²) in [5.41, 5.74) is 1.53. The fourth-order valence-electron chi connectivity index (χ4n) is 3.45. The molecule has 27 heavy (non-hydrogen) atoms. The van der Waals surface area contributed by atoms with Crippen molar-refractivity contribution in [3.63, 3.8) is 0 Å². The molecule has 3 aromatic rings. The number of nitrogens with zero attached hydrogens (tertiary/aromatic N) is 4. The molecule has 140 valence electrons. The Hall–Kier alpha value is -2.80. The maximum atomic E-state index is 13.9. The van der Waals surface area contributed by atoms with Crippen LogP contribution in [0.5, 0.6) is 5.75 Å². The second-order valence-electron chi connectivity index (χ2n) is 6.59. The molecule has 1 fully saturated rings. The number of benzene rings is 2. The number of ether oxygens (including phenoxy) is 1. The molecule has 1 saturated heterocycles. The molecule has 0 bridgehead atoms. The van der Waals surface area contributed by atoms with E-state index in [0.29, 0.717) is 12.1 Å². The highest BCUT2D eigenvalue weighted by Crippen LogP contribution is 2.25. The molecular weight excluding hydrogens is 350 g/mol. The Bertz CT molecular complexity index is 958. The Morgan fingerprint density at radius 1 is 1.00 bits per heavy atom. The van der Waals surface area contributed by atoms with Crippen molar-refractivity contribution < 1.29 is 13.5 Å². The molecule has 0 atom stereocenters. The van der Waals surface area contributed by atoms with Crippen molar-refractivity contribution in [3.8, 4) is 5.75 Å². The molecule has 1 aliphatic heterocycles. The molecule has 0 saturated carbocycles.